The molecule has 19 heavy (non-hydrogen) atoms. The highest BCUT2D eigenvalue weighted by Crippen LogP contribution is 2.35. The number of benzene rings is 1. The molecule has 3 heteroatoms. The Balaban J connectivity index is 2.88. The van der Waals surface area contributed by atoms with E-state index in [-0.39, 0.29) is 0 Å². The van der Waals surface area contributed by atoms with E-state index in [1.165, 1.54) is 16.9 Å². The molecule has 2 nitrogen and oxygen atoms in total. The van der Waals surface area contributed by atoms with Crippen molar-refractivity contribution in [3.8, 4) is 5.75 Å². The van der Waals surface area contributed by atoms with E-state index in [2.05, 4.69) is 51.2 Å². The summed E-state index contributed by atoms with van der Waals surface area (Å²) in [4.78, 5) is 1.34. The fourth-order valence-corrected chi connectivity index (χ4v) is 3.48. The molecule has 0 aliphatic heterocycles. The molecule has 0 aromatic heterocycles. The SMILES string of the molecule is CCNC(C)c1c(OC)cccc1SCCC(C)C. The molecule has 0 bridgehead atoms. The molecule has 0 aliphatic carbocycles. The highest BCUT2D eigenvalue weighted by molar-refractivity contribution is 7.99. The molecule has 0 heterocycles. The van der Waals surface area contributed by atoms with Crippen molar-refractivity contribution in [1.29, 1.82) is 0 Å². The molecule has 0 fully saturated rings. The topological polar surface area (TPSA) is 21.3 Å². The first kappa shape index (κ1) is 16.4. The summed E-state index contributed by atoms with van der Waals surface area (Å²) >= 11 is 1.94. The van der Waals surface area contributed by atoms with Gasteiger partial charge in [-0.15, -0.1) is 11.8 Å². The molecule has 0 saturated heterocycles. The minimum absolute atomic E-state index is 0.322. The Morgan fingerprint density at radius 3 is 2.58 bits per heavy atom. The van der Waals surface area contributed by atoms with Crippen LogP contribution in [0.3, 0.4) is 0 Å². The summed E-state index contributed by atoms with van der Waals surface area (Å²) in [5.74, 6) is 2.91. The lowest BCUT2D eigenvalue weighted by molar-refractivity contribution is 0.400. The molecule has 1 aromatic carbocycles. The third kappa shape index (κ3) is 5.07. The van der Waals surface area contributed by atoms with Gasteiger partial charge in [-0.3, -0.25) is 0 Å². The largest absolute Gasteiger partial charge is 0.496 e. The van der Waals surface area contributed by atoms with Crippen molar-refractivity contribution >= 4 is 11.8 Å². The maximum absolute atomic E-state index is 5.53. The molecule has 0 radical (unpaired) electrons. The van der Waals surface area contributed by atoms with Crippen molar-refractivity contribution in [2.24, 2.45) is 5.92 Å². The molecule has 0 saturated carbocycles. The predicted octanol–water partition coefficient (Wildman–Crippen LogP) is 4.50. The van der Waals surface area contributed by atoms with Crippen molar-refractivity contribution in [2.45, 2.75) is 45.1 Å². The second-order valence-electron chi connectivity index (χ2n) is 5.18. The van der Waals surface area contributed by atoms with Gasteiger partial charge in [-0.05, 0) is 43.7 Å². The van der Waals surface area contributed by atoms with Gasteiger partial charge in [0.15, 0.2) is 0 Å². The molecule has 0 aliphatic rings. The number of hydrogen-bond donors (Lipinski definition) is 1. The molecule has 108 valence electrons. The van der Waals surface area contributed by atoms with Gasteiger partial charge in [-0.1, -0.05) is 26.8 Å². The first-order valence-electron chi connectivity index (χ1n) is 7.13. The van der Waals surface area contributed by atoms with Crippen molar-refractivity contribution in [3.63, 3.8) is 0 Å². The van der Waals surface area contributed by atoms with Gasteiger partial charge in [-0.25, -0.2) is 0 Å². The van der Waals surface area contributed by atoms with Crippen LogP contribution in [0.1, 0.15) is 45.7 Å². The standard InChI is InChI=1S/C16H27NOS/c1-6-17-13(4)16-14(18-5)8-7-9-15(16)19-11-10-12(2)3/h7-9,12-13,17H,6,10-11H2,1-5H3. The van der Waals surface area contributed by atoms with Crippen LogP contribution in [0.4, 0.5) is 0 Å². The van der Waals surface area contributed by atoms with E-state index in [0.29, 0.717) is 6.04 Å². The molecular weight excluding hydrogens is 254 g/mol. The van der Waals surface area contributed by atoms with Crippen LogP contribution in [0.15, 0.2) is 23.1 Å². The van der Waals surface area contributed by atoms with Crippen LogP contribution in [-0.2, 0) is 0 Å². The van der Waals surface area contributed by atoms with E-state index in [9.17, 15) is 0 Å². The summed E-state index contributed by atoms with van der Waals surface area (Å²) < 4.78 is 5.53. The number of ether oxygens (including phenoxy) is 1. The Bertz CT molecular complexity index is 379. The minimum Gasteiger partial charge on any atom is -0.496 e. The van der Waals surface area contributed by atoms with Crippen molar-refractivity contribution in [2.75, 3.05) is 19.4 Å². The lowest BCUT2D eigenvalue weighted by Crippen LogP contribution is -2.19. The smallest absolute Gasteiger partial charge is 0.124 e. The zero-order valence-electron chi connectivity index (χ0n) is 12.8. The van der Waals surface area contributed by atoms with Gasteiger partial charge < -0.3 is 10.1 Å². The van der Waals surface area contributed by atoms with E-state index >= 15 is 0 Å². The summed E-state index contributed by atoms with van der Waals surface area (Å²) in [6.07, 6.45) is 1.25. The predicted molar refractivity (Wildman–Crippen MR) is 85.3 cm³/mol. The van der Waals surface area contributed by atoms with Crippen molar-refractivity contribution < 1.29 is 4.74 Å². The zero-order chi connectivity index (χ0) is 14.3. The number of nitrogens with one attached hydrogen (secondary N) is 1. The highest BCUT2D eigenvalue weighted by atomic mass is 32.2. The van der Waals surface area contributed by atoms with Crippen LogP contribution >= 0.6 is 11.8 Å². The maximum Gasteiger partial charge on any atom is 0.124 e. The van der Waals surface area contributed by atoms with E-state index in [4.69, 9.17) is 4.74 Å². The number of thioether (sulfide) groups is 1. The molecule has 0 amide bonds. The number of methoxy groups -OCH3 is 1. The first-order chi connectivity index (χ1) is 9.10. The van der Waals surface area contributed by atoms with Crippen LogP contribution in [-0.4, -0.2) is 19.4 Å². The third-order valence-corrected chi connectivity index (χ3v) is 4.25. The Kier molecular flexibility index (Phi) is 7.32. The van der Waals surface area contributed by atoms with Crippen molar-refractivity contribution in [3.05, 3.63) is 23.8 Å². The zero-order valence-corrected chi connectivity index (χ0v) is 13.6. The molecular formula is C16H27NOS. The van der Waals surface area contributed by atoms with Crippen LogP contribution < -0.4 is 10.1 Å². The van der Waals surface area contributed by atoms with Gasteiger partial charge in [0.05, 0.1) is 7.11 Å². The van der Waals surface area contributed by atoms with Crippen LogP contribution in [0, 0.1) is 5.92 Å². The van der Waals surface area contributed by atoms with Crippen LogP contribution in [0.2, 0.25) is 0 Å². The van der Waals surface area contributed by atoms with Gasteiger partial charge in [0.2, 0.25) is 0 Å². The second kappa shape index (κ2) is 8.49. The summed E-state index contributed by atoms with van der Waals surface area (Å²) in [6.45, 7) is 9.85. The third-order valence-electron chi connectivity index (χ3n) is 3.14. The van der Waals surface area contributed by atoms with Gasteiger partial charge in [0.25, 0.3) is 0 Å². The molecule has 1 atom stereocenters. The van der Waals surface area contributed by atoms with Gasteiger partial charge in [0, 0.05) is 16.5 Å². The summed E-state index contributed by atoms with van der Waals surface area (Å²) in [6, 6.07) is 6.66. The number of rotatable bonds is 8. The van der Waals surface area contributed by atoms with Gasteiger partial charge in [-0.2, -0.15) is 0 Å². The molecule has 1 rings (SSSR count). The quantitative estimate of drug-likeness (QED) is 0.709. The Morgan fingerprint density at radius 2 is 2.00 bits per heavy atom. The van der Waals surface area contributed by atoms with E-state index < -0.39 is 0 Å². The second-order valence-corrected chi connectivity index (χ2v) is 6.32. The Morgan fingerprint density at radius 1 is 1.26 bits per heavy atom. The average Bonchev–Trinajstić information content (AvgIpc) is 2.38. The fourth-order valence-electron chi connectivity index (χ4n) is 2.07. The Hall–Kier alpha value is -0.670. The number of hydrogen-bond acceptors (Lipinski definition) is 3. The molecule has 1 N–H and O–H groups in total. The minimum atomic E-state index is 0.322. The monoisotopic (exact) mass is 281 g/mol. The average molecular weight is 281 g/mol. The van der Waals surface area contributed by atoms with Crippen LogP contribution in [0.25, 0.3) is 0 Å². The van der Waals surface area contributed by atoms with Gasteiger partial charge in [0.1, 0.15) is 5.75 Å². The molecule has 1 aromatic rings. The normalized spacial score (nSPS) is 12.7. The van der Waals surface area contributed by atoms with E-state index in [1.54, 1.807) is 7.11 Å². The maximum atomic E-state index is 5.53. The lowest BCUT2D eigenvalue weighted by Gasteiger charge is -2.20. The lowest BCUT2D eigenvalue weighted by atomic mass is 10.1. The van der Waals surface area contributed by atoms with Gasteiger partial charge >= 0.3 is 0 Å². The summed E-state index contributed by atoms with van der Waals surface area (Å²) in [5.41, 5.74) is 1.29. The van der Waals surface area contributed by atoms with E-state index in [0.717, 1.165) is 24.0 Å². The van der Waals surface area contributed by atoms with E-state index in [1.807, 2.05) is 11.8 Å². The highest BCUT2D eigenvalue weighted by Gasteiger charge is 2.15. The summed E-state index contributed by atoms with van der Waals surface area (Å²) in [5, 5.41) is 3.48. The molecule has 1 unspecified atom stereocenters. The van der Waals surface area contributed by atoms with Crippen LogP contribution in [0.5, 0.6) is 5.75 Å². The first-order valence-corrected chi connectivity index (χ1v) is 8.11. The summed E-state index contributed by atoms with van der Waals surface area (Å²) in [7, 11) is 1.75. The fraction of sp³-hybridized carbons (Fsp3) is 0.625. The Labute approximate surface area is 122 Å². The van der Waals surface area contributed by atoms with Crippen molar-refractivity contribution in [1.82, 2.24) is 5.32 Å². The molecule has 0 spiro atoms.